The quantitative estimate of drug-likeness (QED) is 0.885. The summed E-state index contributed by atoms with van der Waals surface area (Å²) in [6, 6.07) is 9.89. The number of amides is 1. The van der Waals surface area contributed by atoms with Crippen LogP contribution in [-0.2, 0) is 0 Å². The number of methoxy groups -OCH3 is 2. The molecule has 0 unspecified atom stereocenters. The number of ether oxygens (including phenoxy) is 2. The van der Waals surface area contributed by atoms with Gasteiger partial charge in [-0.25, -0.2) is 0 Å². The molecule has 2 aliphatic rings. The molecule has 1 saturated heterocycles. The lowest BCUT2D eigenvalue weighted by molar-refractivity contribution is 0.0690. The minimum Gasteiger partial charge on any atom is -0.497 e. The summed E-state index contributed by atoms with van der Waals surface area (Å²) in [5.41, 5.74) is 4.75. The fraction of sp³-hybridized carbons (Fsp3) is 0.350. The Balaban J connectivity index is 1.70. The first-order chi connectivity index (χ1) is 12.6. The number of hydrogen-bond acceptors (Lipinski definition) is 5. The number of piperazine rings is 1. The normalized spacial score (nSPS) is 18.3. The molecule has 1 atom stereocenters. The van der Waals surface area contributed by atoms with E-state index in [9.17, 15) is 4.79 Å². The van der Waals surface area contributed by atoms with E-state index in [0.717, 1.165) is 53.4 Å². The molecule has 0 saturated carbocycles. The zero-order valence-corrected chi connectivity index (χ0v) is 15.3. The molecular weight excluding hydrogens is 330 g/mol. The Hall–Kier alpha value is -2.73. The van der Waals surface area contributed by atoms with Crippen LogP contribution in [0.4, 0.5) is 11.4 Å². The molecule has 2 aliphatic heterocycles. The van der Waals surface area contributed by atoms with E-state index in [4.69, 9.17) is 9.47 Å². The van der Waals surface area contributed by atoms with Gasteiger partial charge in [-0.1, -0.05) is 0 Å². The van der Waals surface area contributed by atoms with E-state index in [2.05, 4.69) is 16.7 Å². The summed E-state index contributed by atoms with van der Waals surface area (Å²) in [6.45, 7) is 4.41. The third-order valence-corrected chi connectivity index (χ3v) is 5.13. The summed E-state index contributed by atoms with van der Waals surface area (Å²) in [4.78, 5) is 14.7. The molecule has 2 aromatic carbocycles. The van der Waals surface area contributed by atoms with E-state index in [1.165, 1.54) is 0 Å². The molecule has 2 aromatic rings. The molecule has 0 bridgehead atoms. The average molecular weight is 353 g/mol. The number of hydrogen-bond donors (Lipinski definition) is 2. The monoisotopic (exact) mass is 353 g/mol. The van der Waals surface area contributed by atoms with Crippen molar-refractivity contribution in [3.63, 3.8) is 0 Å². The molecule has 0 radical (unpaired) electrons. The van der Waals surface area contributed by atoms with Gasteiger partial charge in [0.2, 0.25) is 0 Å². The van der Waals surface area contributed by atoms with Gasteiger partial charge in [0, 0.05) is 37.0 Å². The fourth-order valence-electron chi connectivity index (χ4n) is 3.87. The molecule has 1 amide bonds. The molecule has 136 valence electrons. The van der Waals surface area contributed by atoms with Crippen LogP contribution >= 0.6 is 0 Å². The second-order valence-corrected chi connectivity index (χ2v) is 6.67. The second-order valence-electron chi connectivity index (χ2n) is 6.67. The van der Waals surface area contributed by atoms with E-state index >= 15 is 0 Å². The summed E-state index contributed by atoms with van der Waals surface area (Å²) < 4.78 is 10.7. The Bertz CT molecular complexity index is 866. The number of rotatable bonds is 4. The third kappa shape index (κ3) is 2.66. The number of nitrogens with one attached hydrogen (secondary N) is 2. The van der Waals surface area contributed by atoms with Crippen molar-refractivity contribution in [3.8, 4) is 11.5 Å². The lowest BCUT2D eigenvalue weighted by atomic mass is 9.98. The van der Waals surface area contributed by atoms with Gasteiger partial charge in [0.25, 0.3) is 5.91 Å². The molecular formula is C20H23N3O3. The molecule has 2 N–H and O–H groups in total. The van der Waals surface area contributed by atoms with Crippen LogP contribution in [0.1, 0.15) is 27.5 Å². The number of anilines is 2. The minimum atomic E-state index is 0.115. The molecule has 0 aliphatic carbocycles. The topological polar surface area (TPSA) is 62.8 Å². The Labute approximate surface area is 153 Å². The summed E-state index contributed by atoms with van der Waals surface area (Å²) in [5.74, 6) is 1.60. The van der Waals surface area contributed by atoms with Gasteiger partial charge in [0.15, 0.2) is 0 Å². The van der Waals surface area contributed by atoms with Crippen LogP contribution in [0.15, 0.2) is 30.3 Å². The van der Waals surface area contributed by atoms with Gasteiger partial charge in [0.05, 0.1) is 25.9 Å². The number of nitrogens with zero attached hydrogens (tertiary/aromatic N) is 1. The van der Waals surface area contributed by atoms with Crippen LogP contribution in [0.2, 0.25) is 0 Å². The smallest absolute Gasteiger partial charge is 0.255 e. The highest BCUT2D eigenvalue weighted by atomic mass is 16.5. The average Bonchev–Trinajstić information content (AvgIpc) is 2.95. The van der Waals surface area contributed by atoms with Crippen molar-refractivity contribution >= 4 is 17.3 Å². The van der Waals surface area contributed by atoms with E-state index in [0.29, 0.717) is 5.75 Å². The minimum absolute atomic E-state index is 0.115. The molecule has 26 heavy (non-hydrogen) atoms. The van der Waals surface area contributed by atoms with Crippen LogP contribution in [-0.4, -0.2) is 44.7 Å². The first-order valence-electron chi connectivity index (χ1n) is 8.77. The van der Waals surface area contributed by atoms with E-state index in [1.807, 2.05) is 36.1 Å². The van der Waals surface area contributed by atoms with Crippen molar-refractivity contribution in [1.29, 1.82) is 0 Å². The van der Waals surface area contributed by atoms with Gasteiger partial charge in [-0.3, -0.25) is 4.79 Å². The van der Waals surface area contributed by atoms with Gasteiger partial charge in [0.1, 0.15) is 11.5 Å². The molecule has 2 heterocycles. The van der Waals surface area contributed by atoms with E-state index in [1.54, 1.807) is 14.2 Å². The lowest BCUT2D eigenvalue weighted by Crippen LogP contribution is -2.44. The SMILES string of the molecule is COc1ccc(Nc2cc(C)c3c(c2)[C@@H]2CNCCN2C3=O)c(OC)c1. The van der Waals surface area contributed by atoms with Crippen molar-refractivity contribution in [2.45, 2.75) is 13.0 Å². The fourth-order valence-corrected chi connectivity index (χ4v) is 3.87. The highest BCUT2D eigenvalue weighted by Gasteiger charge is 2.39. The zero-order valence-electron chi connectivity index (χ0n) is 15.3. The number of carbonyl (C=O) groups excluding carboxylic acids is 1. The molecule has 1 fully saturated rings. The Morgan fingerprint density at radius 1 is 1.19 bits per heavy atom. The first kappa shape index (κ1) is 16.7. The van der Waals surface area contributed by atoms with Gasteiger partial charge < -0.3 is 25.0 Å². The summed E-state index contributed by atoms with van der Waals surface area (Å²) in [7, 11) is 3.27. The molecule has 0 spiro atoms. The number of carbonyl (C=O) groups is 1. The highest BCUT2D eigenvalue weighted by molar-refractivity contribution is 6.01. The Morgan fingerprint density at radius 2 is 2.04 bits per heavy atom. The second kappa shape index (κ2) is 6.53. The predicted molar refractivity (Wildman–Crippen MR) is 101 cm³/mol. The number of fused-ring (bicyclic) bond motifs is 3. The zero-order chi connectivity index (χ0) is 18.3. The maximum atomic E-state index is 12.7. The van der Waals surface area contributed by atoms with Crippen LogP contribution in [0.25, 0.3) is 0 Å². The molecule has 0 aromatic heterocycles. The Morgan fingerprint density at radius 3 is 2.81 bits per heavy atom. The van der Waals surface area contributed by atoms with Crippen molar-refractivity contribution in [2.24, 2.45) is 0 Å². The van der Waals surface area contributed by atoms with Crippen molar-refractivity contribution < 1.29 is 14.3 Å². The van der Waals surface area contributed by atoms with Crippen LogP contribution in [0, 0.1) is 6.92 Å². The van der Waals surface area contributed by atoms with Crippen LogP contribution in [0.3, 0.4) is 0 Å². The number of aryl methyl sites for hydroxylation is 1. The summed E-state index contributed by atoms with van der Waals surface area (Å²) >= 11 is 0. The Kier molecular flexibility index (Phi) is 4.20. The molecule has 4 rings (SSSR count). The summed E-state index contributed by atoms with van der Waals surface area (Å²) in [6.07, 6.45) is 0. The third-order valence-electron chi connectivity index (χ3n) is 5.13. The van der Waals surface area contributed by atoms with Crippen molar-refractivity contribution in [1.82, 2.24) is 10.2 Å². The molecule has 6 heteroatoms. The van der Waals surface area contributed by atoms with Gasteiger partial charge in [-0.15, -0.1) is 0 Å². The lowest BCUT2D eigenvalue weighted by Gasteiger charge is -2.30. The van der Waals surface area contributed by atoms with Crippen LogP contribution < -0.4 is 20.1 Å². The largest absolute Gasteiger partial charge is 0.497 e. The van der Waals surface area contributed by atoms with Gasteiger partial charge >= 0.3 is 0 Å². The maximum absolute atomic E-state index is 12.7. The number of benzene rings is 2. The van der Waals surface area contributed by atoms with E-state index in [-0.39, 0.29) is 11.9 Å². The summed E-state index contributed by atoms with van der Waals surface area (Å²) in [5, 5.41) is 6.81. The molecule has 6 nitrogen and oxygen atoms in total. The standard InChI is InChI=1S/C20H23N3O3/c1-12-8-13(22-16-5-4-14(25-2)10-18(16)26-3)9-15-17-11-21-6-7-23(17)20(24)19(12)15/h4-5,8-10,17,21-22H,6-7,11H2,1-3H3/t17-/m0/s1. The van der Waals surface area contributed by atoms with Crippen molar-refractivity contribution in [2.75, 3.05) is 39.2 Å². The van der Waals surface area contributed by atoms with Crippen LogP contribution in [0.5, 0.6) is 11.5 Å². The first-order valence-corrected chi connectivity index (χ1v) is 8.77. The predicted octanol–water partition coefficient (Wildman–Crippen LogP) is 2.86. The maximum Gasteiger partial charge on any atom is 0.255 e. The van der Waals surface area contributed by atoms with E-state index < -0.39 is 0 Å². The van der Waals surface area contributed by atoms with Gasteiger partial charge in [-0.2, -0.15) is 0 Å². The highest BCUT2D eigenvalue weighted by Crippen LogP contribution is 2.39. The van der Waals surface area contributed by atoms with Crippen molar-refractivity contribution in [3.05, 3.63) is 47.0 Å². The van der Waals surface area contributed by atoms with Gasteiger partial charge in [-0.05, 0) is 42.3 Å².